The third-order valence-electron chi connectivity index (χ3n) is 7.58. The zero-order valence-electron chi connectivity index (χ0n) is 15.5. The van der Waals surface area contributed by atoms with Crippen LogP contribution in [-0.2, 0) is 14.3 Å². The van der Waals surface area contributed by atoms with Crippen LogP contribution in [0.1, 0.15) is 58.8 Å². The molecule has 5 atom stereocenters. The van der Waals surface area contributed by atoms with E-state index in [0.717, 1.165) is 44.9 Å². The molecule has 0 bridgehead atoms. The summed E-state index contributed by atoms with van der Waals surface area (Å²) in [6.07, 6.45) is 10.5. The number of Topliss-reactive ketones (excluding diaryl/α,β-unsaturated/α-hetero) is 1. The van der Waals surface area contributed by atoms with Crippen molar-refractivity contribution in [3.63, 3.8) is 0 Å². The zero-order valence-corrected chi connectivity index (χ0v) is 15.5. The molecule has 0 heterocycles. The standard InChI is InChI=1S/C21H28O4/c1-20-10-8-14(25-19(23)24-3)12-13(20)4-5-15-16-6-7-18(22)21(16,2)11-9-17(15)20/h4,9,14-16H,5-8,10-12H2,1-3H3/t14-,15?,16?,20-,21-/m0/s1. The molecule has 0 aliphatic heterocycles. The highest BCUT2D eigenvalue weighted by atomic mass is 16.7. The molecule has 0 radical (unpaired) electrons. The van der Waals surface area contributed by atoms with E-state index >= 15 is 0 Å². The van der Waals surface area contributed by atoms with Gasteiger partial charge in [-0.1, -0.05) is 37.1 Å². The molecule has 2 unspecified atom stereocenters. The molecule has 25 heavy (non-hydrogen) atoms. The molecule has 2 saturated carbocycles. The molecule has 4 aliphatic carbocycles. The Labute approximate surface area is 149 Å². The van der Waals surface area contributed by atoms with E-state index in [0.29, 0.717) is 17.6 Å². The second-order valence-corrected chi connectivity index (χ2v) is 8.69. The number of methoxy groups -OCH3 is 1. The van der Waals surface area contributed by atoms with Gasteiger partial charge in [0.2, 0.25) is 0 Å². The van der Waals surface area contributed by atoms with Crippen molar-refractivity contribution in [1.82, 2.24) is 0 Å². The van der Waals surface area contributed by atoms with Gasteiger partial charge in [-0.3, -0.25) is 4.79 Å². The van der Waals surface area contributed by atoms with Crippen molar-refractivity contribution in [2.24, 2.45) is 22.7 Å². The highest BCUT2D eigenvalue weighted by Crippen LogP contribution is 2.61. The minimum Gasteiger partial charge on any atom is -0.438 e. The van der Waals surface area contributed by atoms with Gasteiger partial charge in [0, 0.05) is 23.7 Å². The first-order chi connectivity index (χ1) is 11.9. The van der Waals surface area contributed by atoms with Crippen LogP contribution in [0.3, 0.4) is 0 Å². The number of hydrogen-bond donors (Lipinski definition) is 0. The van der Waals surface area contributed by atoms with Crippen LogP contribution in [0.15, 0.2) is 23.3 Å². The molecule has 136 valence electrons. The summed E-state index contributed by atoms with van der Waals surface area (Å²) in [5.41, 5.74) is 2.90. The van der Waals surface area contributed by atoms with E-state index in [2.05, 4.69) is 30.7 Å². The van der Waals surface area contributed by atoms with Gasteiger partial charge in [-0.2, -0.15) is 0 Å². The van der Waals surface area contributed by atoms with Gasteiger partial charge in [-0.15, -0.1) is 0 Å². The Balaban J connectivity index is 1.60. The van der Waals surface area contributed by atoms with Crippen molar-refractivity contribution in [1.29, 1.82) is 0 Å². The molecule has 0 aromatic heterocycles. The second-order valence-electron chi connectivity index (χ2n) is 8.69. The number of fused-ring (bicyclic) bond motifs is 5. The Hall–Kier alpha value is -1.58. The third-order valence-corrected chi connectivity index (χ3v) is 7.58. The predicted octanol–water partition coefficient (Wildman–Crippen LogP) is 4.59. The van der Waals surface area contributed by atoms with Crippen molar-refractivity contribution in [2.75, 3.05) is 7.11 Å². The van der Waals surface area contributed by atoms with Gasteiger partial charge in [0.25, 0.3) is 0 Å². The fourth-order valence-corrected chi connectivity index (χ4v) is 6.00. The predicted molar refractivity (Wildman–Crippen MR) is 94.0 cm³/mol. The van der Waals surface area contributed by atoms with Crippen LogP contribution < -0.4 is 0 Å². The zero-order chi connectivity index (χ0) is 17.8. The molecule has 0 saturated heterocycles. The molecule has 0 aromatic carbocycles. The SMILES string of the molecule is COC(=O)O[C@H]1CC[C@@]2(C)C(=CCC3C2=CC[C@]2(C)C(=O)CCC32)C1. The molecule has 4 nitrogen and oxygen atoms in total. The number of carbonyl (C=O) groups is 2. The quantitative estimate of drug-likeness (QED) is 0.516. The van der Waals surface area contributed by atoms with Crippen LogP contribution in [0.25, 0.3) is 0 Å². The molecular formula is C21H28O4. The average molecular weight is 344 g/mol. The lowest BCUT2D eigenvalue weighted by Crippen LogP contribution is -2.45. The number of carbonyl (C=O) groups excluding carboxylic acids is 2. The number of ether oxygens (including phenoxy) is 2. The Morgan fingerprint density at radius 1 is 1.24 bits per heavy atom. The van der Waals surface area contributed by atoms with Crippen molar-refractivity contribution in [3.05, 3.63) is 23.3 Å². The average Bonchev–Trinajstić information content (AvgIpc) is 2.90. The summed E-state index contributed by atoms with van der Waals surface area (Å²) in [7, 11) is 1.35. The molecule has 2 fully saturated rings. The first-order valence-electron chi connectivity index (χ1n) is 9.56. The van der Waals surface area contributed by atoms with Gasteiger partial charge in [-0.05, 0) is 43.9 Å². The Morgan fingerprint density at radius 3 is 2.80 bits per heavy atom. The lowest BCUT2D eigenvalue weighted by molar-refractivity contribution is -0.127. The summed E-state index contributed by atoms with van der Waals surface area (Å²) in [5, 5.41) is 0. The summed E-state index contributed by atoms with van der Waals surface area (Å²) >= 11 is 0. The van der Waals surface area contributed by atoms with E-state index in [9.17, 15) is 9.59 Å². The maximum Gasteiger partial charge on any atom is 0.508 e. The van der Waals surface area contributed by atoms with E-state index in [-0.39, 0.29) is 16.9 Å². The van der Waals surface area contributed by atoms with E-state index in [4.69, 9.17) is 4.74 Å². The normalized spacial score (nSPS) is 42.5. The second kappa shape index (κ2) is 5.72. The molecule has 4 aliphatic rings. The van der Waals surface area contributed by atoms with Gasteiger partial charge in [-0.25, -0.2) is 4.79 Å². The van der Waals surface area contributed by atoms with Crippen molar-refractivity contribution in [2.45, 2.75) is 64.9 Å². The van der Waals surface area contributed by atoms with Crippen LogP contribution in [-0.4, -0.2) is 25.2 Å². The summed E-state index contributed by atoms with van der Waals surface area (Å²) in [6, 6.07) is 0. The Kier molecular flexibility index (Phi) is 3.86. The minimum absolute atomic E-state index is 0.0753. The monoisotopic (exact) mass is 344 g/mol. The van der Waals surface area contributed by atoms with Crippen LogP contribution in [0.2, 0.25) is 0 Å². The smallest absolute Gasteiger partial charge is 0.438 e. The maximum absolute atomic E-state index is 12.4. The van der Waals surface area contributed by atoms with Gasteiger partial charge < -0.3 is 9.47 Å². The number of ketones is 1. The van der Waals surface area contributed by atoms with E-state index in [1.165, 1.54) is 12.7 Å². The Bertz CT molecular complexity index is 675. The Morgan fingerprint density at radius 2 is 2.04 bits per heavy atom. The van der Waals surface area contributed by atoms with Crippen LogP contribution in [0.4, 0.5) is 4.79 Å². The number of allylic oxidation sites excluding steroid dienone is 3. The molecule has 4 rings (SSSR count). The lowest BCUT2D eigenvalue weighted by atomic mass is 9.52. The largest absolute Gasteiger partial charge is 0.508 e. The van der Waals surface area contributed by atoms with Crippen LogP contribution >= 0.6 is 0 Å². The van der Waals surface area contributed by atoms with Gasteiger partial charge >= 0.3 is 6.16 Å². The lowest BCUT2D eigenvalue weighted by Gasteiger charge is -2.52. The fraction of sp³-hybridized carbons (Fsp3) is 0.714. The van der Waals surface area contributed by atoms with Crippen molar-refractivity contribution in [3.8, 4) is 0 Å². The maximum atomic E-state index is 12.4. The molecule has 0 amide bonds. The van der Waals surface area contributed by atoms with Crippen molar-refractivity contribution < 1.29 is 19.1 Å². The highest BCUT2D eigenvalue weighted by Gasteiger charge is 2.55. The first kappa shape index (κ1) is 16.9. The van der Waals surface area contributed by atoms with Crippen molar-refractivity contribution >= 4 is 11.9 Å². The summed E-state index contributed by atoms with van der Waals surface area (Å²) in [4.78, 5) is 23.9. The van der Waals surface area contributed by atoms with Crippen LogP contribution in [0, 0.1) is 22.7 Å². The molecule has 0 N–H and O–H groups in total. The summed E-state index contributed by atoms with van der Waals surface area (Å²) in [6.45, 7) is 4.54. The van der Waals surface area contributed by atoms with E-state index in [1.54, 1.807) is 5.57 Å². The van der Waals surface area contributed by atoms with Gasteiger partial charge in [0.15, 0.2) is 0 Å². The molecule has 4 heteroatoms. The molecule has 0 aromatic rings. The summed E-state index contributed by atoms with van der Waals surface area (Å²) < 4.78 is 10.0. The number of rotatable bonds is 1. The minimum atomic E-state index is -0.583. The molecular weight excluding hydrogens is 316 g/mol. The first-order valence-corrected chi connectivity index (χ1v) is 9.56. The van der Waals surface area contributed by atoms with Gasteiger partial charge in [0.1, 0.15) is 11.9 Å². The van der Waals surface area contributed by atoms with E-state index in [1.807, 2.05) is 0 Å². The molecule has 0 spiro atoms. The summed E-state index contributed by atoms with van der Waals surface area (Å²) in [5.74, 6) is 1.47. The number of hydrogen-bond acceptors (Lipinski definition) is 4. The van der Waals surface area contributed by atoms with Crippen LogP contribution in [0.5, 0.6) is 0 Å². The third kappa shape index (κ3) is 2.40. The topological polar surface area (TPSA) is 52.6 Å². The van der Waals surface area contributed by atoms with Gasteiger partial charge in [0.05, 0.1) is 7.11 Å². The highest BCUT2D eigenvalue weighted by molar-refractivity contribution is 5.87. The fourth-order valence-electron chi connectivity index (χ4n) is 6.00. The van der Waals surface area contributed by atoms with E-state index < -0.39 is 6.16 Å².